The molecule has 0 spiro atoms. The van der Waals surface area contributed by atoms with Crippen LogP contribution < -0.4 is 33.8 Å². The third-order valence-electron chi connectivity index (χ3n) is 2.81. The minimum Gasteiger partial charge on any atom is -0.744 e. The van der Waals surface area contributed by atoms with E-state index in [2.05, 4.69) is 33.8 Å². The Morgan fingerprint density at radius 1 is 0.633 bits per heavy atom. The molecule has 0 aliphatic heterocycles. The summed E-state index contributed by atoms with van der Waals surface area (Å²) in [5.74, 6) is -0.167. The second-order valence-corrected chi connectivity index (χ2v) is 8.14. The molecule has 0 bridgehead atoms. The van der Waals surface area contributed by atoms with Crippen molar-refractivity contribution in [2.24, 2.45) is 22.9 Å². The summed E-state index contributed by atoms with van der Waals surface area (Å²) >= 11 is 0. The average molecular weight is 459 g/mol. The van der Waals surface area contributed by atoms with Gasteiger partial charge in [-0.15, -0.1) is 0 Å². The van der Waals surface area contributed by atoms with Crippen molar-refractivity contribution in [2.45, 2.75) is 9.79 Å². The Bertz CT molecular complexity index is 998. The van der Waals surface area contributed by atoms with Crippen molar-refractivity contribution in [1.82, 2.24) is 0 Å². The highest BCUT2D eigenvalue weighted by molar-refractivity contribution is 7.86. The highest BCUT2D eigenvalue weighted by atomic mass is 32.2. The first-order chi connectivity index (χ1) is 13.6. The summed E-state index contributed by atoms with van der Waals surface area (Å²) in [6.45, 7) is 0. The fraction of sp³-hybridized carbons (Fsp3) is 0. The van der Waals surface area contributed by atoms with Gasteiger partial charge in [-0.25, -0.2) is 16.8 Å². The molecule has 2 aromatic carbocycles. The van der Waals surface area contributed by atoms with Crippen molar-refractivity contribution in [3.8, 4) is 0 Å². The van der Waals surface area contributed by atoms with Crippen LogP contribution >= 0.6 is 0 Å². The van der Waals surface area contributed by atoms with Gasteiger partial charge in [-0.2, -0.15) is 0 Å². The molecular weight excluding hydrogens is 436 g/mol. The zero-order chi connectivity index (χ0) is 23.5. The lowest BCUT2D eigenvalue weighted by Gasteiger charge is -2.07. The summed E-state index contributed by atoms with van der Waals surface area (Å²) in [7, 11) is -8.93. The van der Waals surface area contributed by atoms with E-state index in [9.17, 15) is 25.9 Å². The third-order valence-corrected chi connectivity index (χ3v) is 4.50. The lowest BCUT2D eigenvalue weighted by atomic mass is 10.1. The summed E-state index contributed by atoms with van der Waals surface area (Å²) in [5, 5.41) is 9.17. The molecule has 2 rings (SSSR count). The predicted octanol–water partition coefficient (Wildman–Crippen LogP) is -4.30. The van der Waals surface area contributed by atoms with Crippen molar-refractivity contribution in [1.29, 1.82) is 0 Å². The molecule has 0 saturated heterocycles. The van der Waals surface area contributed by atoms with Crippen molar-refractivity contribution in [2.75, 3.05) is 0 Å². The van der Waals surface area contributed by atoms with Crippen LogP contribution in [0.3, 0.4) is 0 Å². The van der Waals surface area contributed by atoms with Gasteiger partial charge in [0.25, 0.3) is 0 Å². The van der Waals surface area contributed by atoms with Crippen LogP contribution in [0.15, 0.2) is 58.3 Å². The quantitative estimate of drug-likeness (QED) is 0.111. The molecule has 30 heavy (non-hydrogen) atoms. The van der Waals surface area contributed by atoms with Crippen LogP contribution in [0.1, 0.15) is 11.1 Å². The molecule has 14 heteroatoms. The van der Waals surface area contributed by atoms with Gasteiger partial charge < -0.3 is 9.11 Å². The molecule has 2 aromatic rings. The van der Waals surface area contributed by atoms with E-state index >= 15 is 0 Å². The van der Waals surface area contributed by atoms with E-state index in [0.29, 0.717) is 11.1 Å². The molecule has 12 N–H and O–H groups in total. The smallest absolute Gasteiger partial charge is 0.336 e. The zero-order valence-corrected chi connectivity index (χ0v) is 17.1. The fourth-order valence-electron chi connectivity index (χ4n) is 1.68. The van der Waals surface area contributed by atoms with Crippen LogP contribution in [0.5, 0.6) is 0 Å². The van der Waals surface area contributed by atoms with Crippen LogP contribution in [-0.2, 0) is 20.2 Å². The molecule has 0 amide bonds. The SMILES string of the molecule is NC(N)=[NH2+].NC(N)=[NH2+].O=S(=O)([O-])c1ccc(C=Cc2ccc(S(=O)(=O)[O-])cc2)cc1. The fourth-order valence-corrected chi connectivity index (χ4v) is 2.62. The first-order valence-electron chi connectivity index (χ1n) is 7.69. The van der Waals surface area contributed by atoms with Crippen LogP contribution in [0, 0.1) is 0 Å². The van der Waals surface area contributed by atoms with Crippen LogP contribution in [-0.4, -0.2) is 37.9 Å². The van der Waals surface area contributed by atoms with E-state index in [0.717, 1.165) is 0 Å². The molecule has 0 fully saturated rings. The molecular formula is C16H22N6O6S2. The van der Waals surface area contributed by atoms with E-state index in [1.807, 2.05) is 0 Å². The molecule has 0 atom stereocenters. The molecule has 0 aliphatic carbocycles. The van der Waals surface area contributed by atoms with Crippen LogP contribution in [0.2, 0.25) is 0 Å². The van der Waals surface area contributed by atoms with Crippen LogP contribution in [0.25, 0.3) is 12.2 Å². The third kappa shape index (κ3) is 12.1. The lowest BCUT2D eigenvalue weighted by molar-refractivity contribution is -0.117. The second-order valence-electron chi connectivity index (χ2n) is 5.38. The monoisotopic (exact) mass is 458 g/mol. The van der Waals surface area contributed by atoms with Gasteiger partial charge in [0.2, 0.25) is 0 Å². The van der Waals surface area contributed by atoms with E-state index in [1.165, 1.54) is 48.5 Å². The van der Waals surface area contributed by atoms with Gasteiger partial charge in [0.1, 0.15) is 20.2 Å². The summed E-state index contributed by atoms with van der Waals surface area (Å²) in [6, 6.07) is 10.7. The molecule has 0 radical (unpaired) electrons. The normalized spacial score (nSPS) is 10.9. The van der Waals surface area contributed by atoms with Gasteiger partial charge >= 0.3 is 11.9 Å². The maximum Gasteiger partial charge on any atom is 0.336 e. The molecule has 0 aliphatic rings. The minimum atomic E-state index is -4.47. The number of benzene rings is 2. The van der Waals surface area contributed by atoms with Crippen molar-refractivity contribution in [3.63, 3.8) is 0 Å². The van der Waals surface area contributed by atoms with Gasteiger partial charge in [0.15, 0.2) is 0 Å². The summed E-state index contributed by atoms with van der Waals surface area (Å²) in [6.07, 6.45) is 3.31. The summed E-state index contributed by atoms with van der Waals surface area (Å²) in [5.41, 5.74) is 19.7. The Labute approximate surface area is 173 Å². The summed E-state index contributed by atoms with van der Waals surface area (Å²) < 4.78 is 64.7. The number of rotatable bonds is 4. The molecule has 12 nitrogen and oxygen atoms in total. The largest absolute Gasteiger partial charge is 0.744 e. The second kappa shape index (κ2) is 11.5. The highest BCUT2D eigenvalue weighted by Crippen LogP contribution is 2.14. The van der Waals surface area contributed by atoms with E-state index in [4.69, 9.17) is 0 Å². The van der Waals surface area contributed by atoms with Crippen molar-refractivity contribution < 1.29 is 36.8 Å². The van der Waals surface area contributed by atoms with Gasteiger partial charge in [-0.1, -0.05) is 36.4 Å². The molecule has 0 aromatic heterocycles. The molecule has 0 unspecified atom stereocenters. The first kappa shape index (κ1) is 26.5. The Morgan fingerprint density at radius 3 is 1.00 bits per heavy atom. The van der Waals surface area contributed by atoms with Gasteiger partial charge in [0.05, 0.1) is 9.79 Å². The van der Waals surface area contributed by atoms with Gasteiger partial charge in [0, 0.05) is 0 Å². The first-order valence-corrected chi connectivity index (χ1v) is 10.5. The maximum atomic E-state index is 10.8. The van der Waals surface area contributed by atoms with E-state index < -0.39 is 20.2 Å². The molecule has 164 valence electrons. The Morgan fingerprint density at radius 2 is 0.833 bits per heavy atom. The van der Waals surface area contributed by atoms with Crippen molar-refractivity contribution >= 4 is 44.3 Å². The van der Waals surface area contributed by atoms with Crippen LogP contribution in [0.4, 0.5) is 0 Å². The van der Waals surface area contributed by atoms with E-state index in [1.54, 1.807) is 12.2 Å². The number of guanidine groups is 2. The van der Waals surface area contributed by atoms with E-state index in [-0.39, 0.29) is 21.7 Å². The lowest BCUT2D eigenvalue weighted by Crippen LogP contribution is -2.51. The van der Waals surface area contributed by atoms with Gasteiger partial charge in [-0.05, 0) is 35.4 Å². The molecule has 0 saturated carbocycles. The zero-order valence-electron chi connectivity index (χ0n) is 15.5. The topological polar surface area (TPSA) is 270 Å². The number of nitrogens with two attached hydrogens (primary N) is 6. The number of hydrogen-bond donors (Lipinski definition) is 6. The molecule has 0 heterocycles. The van der Waals surface area contributed by atoms with Gasteiger partial charge in [-0.3, -0.25) is 33.8 Å². The maximum absolute atomic E-state index is 10.8. The predicted molar refractivity (Wildman–Crippen MR) is 108 cm³/mol. The highest BCUT2D eigenvalue weighted by Gasteiger charge is 2.00. The average Bonchev–Trinajstić information content (AvgIpc) is 2.58. The van der Waals surface area contributed by atoms with Crippen molar-refractivity contribution in [3.05, 3.63) is 59.7 Å². The Balaban J connectivity index is 0.000000901. The summed E-state index contributed by atoms with van der Waals surface area (Å²) in [4.78, 5) is -0.621. The standard InChI is InChI=1S/C14H12O6S2.2CH5N3/c15-21(16,17)13-7-3-11(4-8-13)1-2-12-5-9-14(10-6-12)22(18,19)20;2*2-1(3)4/h1-10H,(H,15,16,17)(H,18,19,20);2*(H5,2,3,4). The number of hydrogen-bond acceptors (Lipinski definition) is 6. The Hall–Kier alpha value is -3.46. The minimum absolute atomic E-state index is 0.0833. The Kier molecular flexibility index (Phi) is 10.2.